The number of anilines is 3. The zero-order valence-corrected chi connectivity index (χ0v) is 15.3. The Kier molecular flexibility index (Phi) is 6.17. The summed E-state index contributed by atoms with van der Waals surface area (Å²) in [5.41, 5.74) is 2.59. The molecule has 5 heteroatoms. The van der Waals surface area contributed by atoms with E-state index in [0.29, 0.717) is 6.54 Å². The van der Waals surface area contributed by atoms with Crippen molar-refractivity contribution in [2.75, 3.05) is 41.9 Å². The Bertz CT molecular complexity index is 711. The van der Waals surface area contributed by atoms with Gasteiger partial charge in [-0.25, -0.2) is 0 Å². The number of carbonyl (C=O) groups is 2. The molecule has 2 amide bonds. The maximum Gasteiger partial charge on any atom is 0.247 e. The lowest BCUT2D eigenvalue weighted by atomic mass is 10.2. The molecule has 0 bridgehead atoms. The number of para-hydroxylation sites is 1. The molecule has 0 saturated carbocycles. The number of likely N-dealkylation sites (N-methyl/N-ethyl adjacent to an activating group) is 1. The van der Waals surface area contributed by atoms with Crippen molar-refractivity contribution in [2.24, 2.45) is 0 Å². The normalized spacial score (nSPS) is 10.2. The molecule has 132 valence electrons. The van der Waals surface area contributed by atoms with Gasteiger partial charge in [-0.15, -0.1) is 0 Å². The molecule has 0 aliphatic heterocycles. The van der Waals surface area contributed by atoms with E-state index in [9.17, 15) is 9.59 Å². The Morgan fingerprint density at radius 3 is 1.80 bits per heavy atom. The molecule has 2 aromatic carbocycles. The topological polar surface area (TPSA) is 43.9 Å². The zero-order valence-electron chi connectivity index (χ0n) is 15.3. The van der Waals surface area contributed by atoms with E-state index in [-0.39, 0.29) is 18.4 Å². The monoisotopic (exact) mass is 339 g/mol. The summed E-state index contributed by atoms with van der Waals surface area (Å²) in [5, 5.41) is 0. The van der Waals surface area contributed by atoms with Gasteiger partial charge in [0.25, 0.3) is 0 Å². The van der Waals surface area contributed by atoms with Gasteiger partial charge in [0.05, 0.1) is 0 Å². The van der Waals surface area contributed by atoms with Crippen LogP contribution in [-0.2, 0) is 9.59 Å². The summed E-state index contributed by atoms with van der Waals surface area (Å²) in [6.45, 7) is 3.97. The highest BCUT2D eigenvalue weighted by Gasteiger charge is 2.20. The molecule has 0 heterocycles. The second-order valence-corrected chi connectivity index (χ2v) is 5.99. The van der Waals surface area contributed by atoms with Crippen LogP contribution in [0.15, 0.2) is 54.6 Å². The van der Waals surface area contributed by atoms with Crippen LogP contribution in [0.25, 0.3) is 0 Å². The number of hydrogen-bond donors (Lipinski definition) is 0. The number of hydrogen-bond acceptors (Lipinski definition) is 3. The standard InChI is InChI=1S/C20H25N3O2/c1-5-22(18-9-7-6-8-10-18)20(25)15-23(16(2)24)19-13-11-17(12-14-19)21(3)4/h6-14H,5,15H2,1-4H3. The summed E-state index contributed by atoms with van der Waals surface area (Å²) in [7, 11) is 3.92. The SMILES string of the molecule is CCN(C(=O)CN(C(C)=O)c1ccc(N(C)C)cc1)c1ccccc1. The second-order valence-electron chi connectivity index (χ2n) is 5.99. The van der Waals surface area contributed by atoms with Gasteiger partial charge in [0, 0.05) is 44.6 Å². The van der Waals surface area contributed by atoms with Crippen LogP contribution in [-0.4, -0.2) is 39.0 Å². The molecule has 5 nitrogen and oxygen atoms in total. The van der Waals surface area contributed by atoms with Gasteiger partial charge in [0.1, 0.15) is 6.54 Å². The summed E-state index contributed by atoms with van der Waals surface area (Å²) < 4.78 is 0. The van der Waals surface area contributed by atoms with Crippen LogP contribution in [0.5, 0.6) is 0 Å². The first-order chi connectivity index (χ1) is 11.9. The van der Waals surface area contributed by atoms with Gasteiger partial charge in [0.15, 0.2) is 0 Å². The first kappa shape index (κ1) is 18.5. The predicted molar refractivity (Wildman–Crippen MR) is 103 cm³/mol. The Morgan fingerprint density at radius 1 is 0.800 bits per heavy atom. The Hall–Kier alpha value is -2.82. The van der Waals surface area contributed by atoms with Crippen LogP contribution in [0.1, 0.15) is 13.8 Å². The minimum Gasteiger partial charge on any atom is -0.378 e. The minimum atomic E-state index is -0.157. The van der Waals surface area contributed by atoms with Crippen molar-refractivity contribution in [3.8, 4) is 0 Å². The summed E-state index contributed by atoms with van der Waals surface area (Å²) in [6.07, 6.45) is 0. The van der Waals surface area contributed by atoms with Crippen molar-refractivity contribution >= 4 is 28.9 Å². The fraction of sp³-hybridized carbons (Fsp3) is 0.300. The lowest BCUT2D eigenvalue weighted by Crippen LogP contribution is -2.42. The highest BCUT2D eigenvalue weighted by Crippen LogP contribution is 2.21. The maximum atomic E-state index is 12.8. The van der Waals surface area contributed by atoms with Crippen LogP contribution >= 0.6 is 0 Å². The van der Waals surface area contributed by atoms with Gasteiger partial charge in [0.2, 0.25) is 11.8 Å². The molecular formula is C20H25N3O2. The number of amides is 2. The summed E-state index contributed by atoms with van der Waals surface area (Å²) in [5.74, 6) is -0.268. The molecule has 2 aromatic rings. The van der Waals surface area contributed by atoms with Crippen LogP contribution in [0, 0.1) is 0 Å². The fourth-order valence-corrected chi connectivity index (χ4v) is 2.65. The van der Waals surface area contributed by atoms with Crippen LogP contribution < -0.4 is 14.7 Å². The van der Waals surface area contributed by atoms with E-state index in [1.165, 1.54) is 11.8 Å². The average molecular weight is 339 g/mol. The van der Waals surface area contributed by atoms with E-state index in [1.54, 1.807) is 4.90 Å². The molecule has 0 aromatic heterocycles. The molecule has 0 aliphatic carbocycles. The lowest BCUT2D eigenvalue weighted by molar-refractivity contribution is -0.121. The molecule has 0 radical (unpaired) electrons. The first-order valence-electron chi connectivity index (χ1n) is 8.35. The summed E-state index contributed by atoms with van der Waals surface area (Å²) in [4.78, 5) is 30.0. The molecule has 0 aliphatic rings. The van der Waals surface area contributed by atoms with Crippen molar-refractivity contribution in [3.63, 3.8) is 0 Å². The molecular weight excluding hydrogens is 314 g/mol. The molecule has 0 spiro atoms. The highest BCUT2D eigenvalue weighted by molar-refractivity contribution is 6.03. The molecule has 0 fully saturated rings. The van der Waals surface area contributed by atoms with Gasteiger partial charge in [-0.05, 0) is 43.3 Å². The van der Waals surface area contributed by atoms with Crippen LogP contribution in [0.3, 0.4) is 0 Å². The zero-order chi connectivity index (χ0) is 18.4. The van der Waals surface area contributed by atoms with Crippen molar-refractivity contribution in [3.05, 3.63) is 54.6 Å². The maximum absolute atomic E-state index is 12.8. The molecule has 0 N–H and O–H groups in total. The van der Waals surface area contributed by atoms with Gasteiger partial charge < -0.3 is 14.7 Å². The quantitative estimate of drug-likeness (QED) is 0.812. The highest BCUT2D eigenvalue weighted by atomic mass is 16.2. The van der Waals surface area contributed by atoms with E-state index in [1.807, 2.05) is 80.5 Å². The lowest BCUT2D eigenvalue weighted by Gasteiger charge is -2.26. The molecule has 0 saturated heterocycles. The third-order valence-electron chi connectivity index (χ3n) is 4.04. The average Bonchev–Trinajstić information content (AvgIpc) is 2.61. The number of carbonyl (C=O) groups excluding carboxylic acids is 2. The second kappa shape index (κ2) is 8.33. The smallest absolute Gasteiger partial charge is 0.247 e. The number of rotatable bonds is 6. The Labute approximate surface area is 149 Å². The largest absolute Gasteiger partial charge is 0.378 e. The number of benzene rings is 2. The van der Waals surface area contributed by atoms with E-state index in [2.05, 4.69) is 0 Å². The van der Waals surface area contributed by atoms with Gasteiger partial charge in [-0.2, -0.15) is 0 Å². The summed E-state index contributed by atoms with van der Waals surface area (Å²) in [6, 6.07) is 17.1. The Morgan fingerprint density at radius 2 is 1.32 bits per heavy atom. The molecule has 2 rings (SSSR count). The fourth-order valence-electron chi connectivity index (χ4n) is 2.65. The van der Waals surface area contributed by atoms with Crippen LogP contribution in [0.4, 0.5) is 17.1 Å². The van der Waals surface area contributed by atoms with E-state index < -0.39 is 0 Å². The van der Waals surface area contributed by atoms with Crippen LogP contribution in [0.2, 0.25) is 0 Å². The number of nitrogens with zero attached hydrogens (tertiary/aromatic N) is 3. The third-order valence-corrected chi connectivity index (χ3v) is 4.04. The third kappa shape index (κ3) is 4.59. The van der Waals surface area contributed by atoms with Crippen molar-refractivity contribution in [1.29, 1.82) is 0 Å². The van der Waals surface area contributed by atoms with Crippen molar-refractivity contribution in [2.45, 2.75) is 13.8 Å². The van der Waals surface area contributed by atoms with Crippen molar-refractivity contribution in [1.82, 2.24) is 0 Å². The Balaban J connectivity index is 2.20. The van der Waals surface area contributed by atoms with E-state index in [4.69, 9.17) is 0 Å². The van der Waals surface area contributed by atoms with Gasteiger partial charge in [-0.1, -0.05) is 18.2 Å². The summed E-state index contributed by atoms with van der Waals surface area (Å²) >= 11 is 0. The minimum absolute atomic E-state index is 0.0133. The van der Waals surface area contributed by atoms with E-state index >= 15 is 0 Å². The van der Waals surface area contributed by atoms with Crippen molar-refractivity contribution < 1.29 is 9.59 Å². The molecule has 25 heavy (non-hydrogen) atoms. The molecule has 0 atom stereocenters. The molecule has 0 unspecified atom stereocenters. The first-order valence-corrected chi connectivity index (χ1v) is 8.35. The predicted octanol–water partition coefficient (Wildman–Crippen LogP) is 3.16. The van der Waals surface area contributed by atoms with Gasteiger partial charge >= 0.3 is 0 Å². The van der Waals surface area contributed by atoms with E-state index in [0.717, 1.165) is 17.1 Å². The van der Waals surface area contributed by atoms with Gasteiger partial charge in [-0.3, -0.25) is 9.59 Å².